The van der Waals surface area contributed by atoms with Crippen LogP contribution in [0.1, 0.15) is 0 Å². The number of hydrogen-bond donors (Lipinski definition) is 0. The molecule has 3 heteroatoms. The van der Waals surface area contributed by atoms with E-state index in [1.165, 1.54) is 0 Å². The van der Waals surface area contributed by atoms with E-state index in [4.69, 9.17) is 0 Å². The summed E-state index contributed by atoms with van der Waals surface area (Å²) in [5.41, 5.74) is 0.722. The number of ketones is 1. The van der Waals surface area contributed by atoms with Gasteiger partial charge in [-0.15, -0.1) is 0 Å². The van der Waals surface area contributed by atoms with Crippen molar-refractivity contribution in [2.75, 3.05) is 20.6 Å². The van der Waals surface area contributed by atoms with Crippen LogP contribution >= 0.6 is 0 Å². The number of rotatable bonds is 2. The molecule has 0 amide bonds. The van der Waals surface area contributed by atoms with E-state index in [0.717, 1.165) is 22.7 Å². The Balaban J connectivity index is 2.44. The molecule has 1 aromatic heterocycles. The maximum absolute atomic E-state index is 11.8. The summed E-state index contributed by atoms with van der Waals surface area (Å²) in [7, 11) is 3.94. The summed E-state index contributed by atoms with van der Waals surface area (Å²) in [6, 6.07) is 3.74. The zero-order chi connectivity index (χ0) is 11.5. The second kappa shape index (κ2) is 4.41. The molecular formula is C13H14N2O. The summed E-state index contributed by atoms with van der Waals surface area (Å²) < 4.78 is 0. The van der Waals surface area contributed by atoms with Crippen LogP contribution in [0.15, 0.2) is 30.0 Å². The predicted molar refractivity (Wildman–Crippen MR) is 64.1 cm³/mol. The Kier molecular flexibility index (Phi) is 2.97. The Morgan fingerprint density at radius 3 is 2.94 bits per heavy atom. The van der Waals surface area contributed by atoms with Crippen LogP contribution in [-0.4, -0.2) is 36.3 Å². The minimum Gasteiger partial charge on any atom is -0.306 e. The molecular weight excluding hydrogens is 200 g/mol. The van der Waals surface area contributed by atoms with Gasteiger partial charge in [-0.3, -0.25) is 9.78 Å². The Labute approximate surface area is 94.4 Å². The summed E-state index contributed by atoms with van der Waals surface area (Å²) in [5, 5.41) is 1.77. The van der Waals surface area contributed by atoms with Crippen molar-refractivity contribution in [3.63, 3.8) is 0 Å². The Hall–Kier alpha value is -1.74. The third kappa shape index (κ3) is 2.25. The predicted octanol–water partition coefficient (Wildman–Crippen LogP) is -0.287. The highest BCUT2D eigenvalue weighted by Gasteiger charge is 2.08. The molecule has 1 aliphatic carbocycles. The molecule has 0 aliphatic heterocycles. The van der Waals surface area contributed by atoms with Gasteiger partial charge in [0.1, 0.15) is 0 Å². The summed E-state index contributed by atoms with van der Waals surface area (Å²) in [4.78, 5) is 18.0. The largest absolute Gasteiger partial charge is 0.306 e. The van der Waals surface area contributed by atoms with Gasteiger partial charge in [0.15, 0.2) is 5.78 Å². The first-order chi connectivity index (χ1) is 7.66. The standard InChI is InChI=1S/C13H14N2O/c1-15(2)7-5-11-8-12-10(9-13(11)16)4-3-6-14-12/h3-6,8-9H,7H2,1-2H3. The molecule has 0 saturated heterocycles. The molecule has 1 aromatic rings. The van der Waals surface area contributed by atoms with Gasteiger partial charge in [-0.1, -0.05) is 12.1 Å². The molecule has 2 rings (SSSR count). The Bertz CT molecular complexity index is 556. The van der Waals surface area contributed by atoms with Gasteiger partial charge in [0.2, 0.25) is 0 Å². The number of fused-ring (bicyclic) bond motifs is 1. The lowest BCUT2D eigenvalue weighted by molar-refractivity contribution is -0.109. The second-order valence-electron chi connectivity index (χ2n) is 4.05. The van der Waals surface area contributed by atoms with E-state index in [2.05, 4.69) is 4.98 Å². The van der Waals surface area contributed by atoms with Crippen molar-refractivity contribution in [2.24, 2.45) is 0 Å². The molecule has 0 fully saturated rings. The SMILES string of the molecule is CN(C)CC=C1C=c2ncccc2=CC1=O. The fourth-order valence-electron chi connectivity index (χ4n) is 1.56. The van der Waals surface area contributed by atoms with E-state index in [1.54, 1.807) is 12.3 Å². The number of pyridine rings is 1. The van der Waals surface area contributed by atoms with E-state index < -0.39 is 0 Å². The average molecular weight is 214 g/mol. The van der Waals surface area contributed by atoms with Gasteiger partial charge in [0, 0.05) is 23.5 Å². The number of carbonyl (C=O) groups excluding carboxylic acids is 1. The van der Waals surface area contributed by atoms with Crippen molar-refractivity contribution in [1.82, 2.24) is 9.88 Å². The van der Waals surface area contributed by atoms with Crippen LogP contribution < -0.4 is 10.6 Å². The van der Waals surface area contributed by atoms with Crippen LogP contribution in [0.3, 0.4) is 0 Å². The van der Waals surface area contributed by atoms with Crippen molar-refractivity contribution in [3.8, 4) is 0 Å². The molecule has 0 radical (unpaired) electrons. The van der Waals surface area contributed by atoms with Gasteiger partial charge in [-0.05, 0) is 32.3 Å². The van der Waals surface area contributed by atoms with Gasteiger partial charge in [0.25, 0.3) is 0 Å². The molecule has 16 heavy (non-hydrogen) atoms. The smallest absolute Gasteiger partial charge is 0.186 e. The average Bonchev–Trinajstić information content (AvgIpc) is 2.26. The van der Waals surface area contributed by atoms with Crippen LogP contribution in [0.25, 0.3) is 12.2 Å². The second-order valence-corrected chi connectivity index (χ2v) is 4.05. The number of aromatic nitrogens is 1. The molecule has 0 saturated carbocycles. The van der Waals surface area contributed by atoms with E-state index in [9.17, 15) is 4.79 Å². The minimum absolute atomic E-state index is 0.0577. The number of Topliss-reactive ketones (excluding diaryl/α,β-unsaturated/α-hetero) is 1. The molecule has 1 heterocycles. The van der Waals surface area contributed by atoms with Crippen molar-refractivity contribution in [1.29, 1.82) is 0 Å². The lowest BCUT2D eigenvalue weighted by atomic mass is 10.0. The van der Waals surface area contributed by atoms with Gasteiger partial charge >= 0.3 is 0 Å². The van der Waals surface area contributed by atoms with E-state index in [1.807, 2.05) is 43.3 Å². The highest BCUT2D eigenvalue weighted by Crippen LogP contribution is 2.02. The summed E-state index contributed by atoms with van der Waals surface area (Å²) in [5.74, 6) is 0.0577. The summed E-state index contributed by atoms with van der Waals surface area (Å²) >= 11 is 0. The summed E-state index contributed by atoms with van der Waals surface area (Å²) in [6.45, 7) is 0.758. The van der Waals surface area contributed by atoms with Crippen LogP contribution in [0.2, 0.25) is 0 Å². The highest BCUT2D eigenvalue weighted by molar-refractivity contribution is 6.22. The molecule has 0 atom stereocenters. The van der Waals surface area contributed by atoms with E-state index >= 15 is 0 Å². The maximum atomic E-state index is 11.8. The van der Waals surface area contributed by atoms with Gasteiger partial charge in [-0.25, -0.2) is 0 Å². The van der Waals surface area contributed by atoms with Crippen molar-refractivity contribution >= 4 is 17.9 Å². The number of allylic oxidation sites excluding steroid dienone is 1. The fourth-order valence-corrected chi connectivity index (χ4v) is 1.56. The zero-order valence-electron chi connectivity index (χ0n) is 9.47. The third-order valence-electron chi connectivity index (χ3n) is 2.41. The molecule has 1 aliphatic rings. The van der Waals surface area contributed by atoms with Crippen LogP contribution in [0.4, 0.5) is 0 Å². The Morgan fingerprint density at radius 2 is 2.19 bits per heavy atom. The normalized spacial score (nSPS) is 16.9. The van der Waals surface area contributed by atoms with Crippen molar-refractivity contribution in [3.05, 3.63) is 40.5 Å². The molecule has 0 bridgehead atoms. The van der Waals surface area contributed by atoms with Crippen LogP contribution in [0.5, 0.6) is 0 Å². The fraction of sp³-hybridized carbons (Fsp3) is 0.231. The third-order valence-corrected chi connectivity index (χ3v) is 2.41. The van der Waals surface area contributed by atoms with Crippen LogP contribution in [0, 0.1) is 0 Å². The molecule has 0 spiro atoms. The van der Waals surface area contributed by atoms with Gasteiger partial charge in [0.05, 0.1) is 5.35 Å². The number of hydrogen-bond acceptors (Lipinski definition) is 3. The monoisotopic (exact) mass is 214 g/mol. The molecule has 0 aromatic carbocycles. The van der Waals surface area contributed by atoms with Gasteiger partial charge in [-0.2, -0.15) is 0 Å². The first kappa shape index (κ1) is 10.8. The number of likely N-dealkylation sites (N-methyl/N-ethyl adjacent to an activating group) is 1. The van der Waals surface area contributed by atoms with E-state index in [0.29, 0.717) is 0 Å². The molecule has 0 N–H and O–H groups in total. The maximum Gasteiger partial charge on any atom is 0.186 e. The number of carbonyl (C=O) groups is 1. The van der Waals surface area contributed by atoms with Crippen LogP contribution in [-0.2, 0) is 4.79 Å². The first-order valence-electron chi connectivity index (χ1n) is 5.20. The Morgan fingerprint density at radius 1 is 1.38 bits per heavy atom. The molecule has 82 valence electrons. The quantitative estimate of drug-likeness (QED) is 0.634. The lowest BCUT2D eigenvalue weighted by Crippen LogP contribution is -2.32. The minimum atomic E-state index is 0.0577. The lowest BCUT2D eigenvalue weighted by Gasteiger charge is -2.07. The molecule has 3 nitrogen and oxygen atoms in total. The molecule has 0 unspecified atom stereocenters. The summed E-state index contributed by atoms with van der Waals surface area (Å²) in [6.07, 6.45) is 7.16. The van der Waals surface area contributed by atoms with E-state index in [-0.39, 0.29) is 5.78 Å². The van der Waals surface area contributed by atoms with Gasteiger partial charge < -0.3 is 4.90 Å². The zero-order valence-corrected chi connectivity index (χ0v) is 9.47. The highest BCUT2D eigenvalue weighted by atomic mass is 16.1. The number of nitrogens with zero attached hydrogens (tertiary/aromatic N) is 2. The van der Waals surface area contributed by atoms with Crippen molar-refractivity contribution in [2.45, 2.75) is 0 Å². The first-order valence-corrected chi connectivity index (χ1v) is 5.20. The van der Waals surface area contributed by atoms with Crippen molar-refractivity contribution < 1.29 is 4.79 Å². The topological polar surface area (TPSA) is 33.2 Å².